The summed E-state index contributed by atoms with van der Waals surface area (Å²) in [5.41, 5.74) is 0. The molecule has 1 rings (SSSR count). The van der Waals surface area contributed by atoms with Gasteiger partial charge in [-0.15, -0.1) is 0 Å². The summed E-state index contributed by atoms with van der Waals surface area (Å²) in [4.78, 5) is 5.06. The molecule has 0 aromatic heterocycles. The first-order valence-corrected chi connectivity index (χ1v) is 3.96. The minimum atomic E-state index is -0.390. The molecule has 0 radical (unpaired) electrons. The SMILES string of the molecule is CCC(O)CN1CC(O)CO1. The second-order valence-corrected chi connectivity index (χ2v) is 2.86. The Hall–Kier alpha value is -0.160. The van der Waals surface area contributed by atoms with E-state index in [-0.39, 0.29) is 12.2 Å². The summed E-state index contributed by atoms with van der Waals surface area (Å²) < 4.78 is 0. The number of hydroxylamine groups is 2. The van der Waals surface area contributed by atoms with Gasteiger partial charge in [-0.25, -0.2) is 0 Å². The molecule has 0 spiro atoms. The maximum Gasteiger partial charge on any atom is 0.0958 e. The van der Waals surface area contributed by atoms with E-state index in [1.54, 1.807) is 5.06 Å². The smallest absolute Gasteiger partial charge is 0.0958 e. The van der Waals surface area contributed by atoms with Crippen LogP contribution in [0.25, 0.3) is 0 Å². The summed E-state index contributed by atoms with van der Waals surface area (Å²) in [6.07, 6.45) is -0.0185. The Morgan fingerprint density at radius 2 is 2.45 bits per heavy atom. The lowest BCUT2D eigenvalue weighted by molar-refractivity contribution is -0.128. The largest absolute Gasteiger partial charge is 0.392 e. The van der Waals surface area contributed by atoms with Crippen LogP contribution in [-0.4, -0.2) is 47.2 Å². The number of nitrogens with zero attached hydrogens (tertiary/aromatic N) is 1. The van der Waals surface area contributed by atoms with Crippen molar-refractivity contribution in [2.45, 2.75) is 25.6 Å². The van der Waals surface area contributed by atoms with Crippen molar-refractivity contribution < 1.29 is 15.1 Å². The number of aliphatic hydroxyl groups is 2. The zero-order valence-electron chi connectivity index (χ0n) is 6.73. The van der Waals surface area contributed by atoms with Crippen molar-refractivity contribution in [3.8, 4) is 0 Å². The average molecular weight is 161 g/mol. The standard InChI is InChI=1S/C7H15NO3/c1-2-6(9)3-8-4-7(10)5-11-8/h6-7,9-10H,2-5H2,1H3. The van der Waals surface area contributed by atoms with Crippen molar-refractivity contribution in [1.82, 2.24) is 5.06 Å². The Balaban J connectivity index is 2.17. The molecule has 1 fully saturated rings. The van der Waals surface area contributed by atoms with Crippen LogP contribution in [0.3, 0.4) is 0 Å². The van der Waals surface area contributed by atoms with Crippen molar-refractivity contribution in [1.29, 1.82) is 0 Å². The zero-order valence-corrected chi connectivity index (χ0v) is 6.73. The molecule has 0 aromatic carbocycles. The molecule has 1 aliphatic heterocycles. The lowest BCUT2D eigenvalue weighted by Crippen LogP contribution is -2.29. The van der Waals surface area contributed by atoms with Gasteiger partial charge in [-0.05, 0) is 6.42 Å². The van der Waals surface area contributed by atoms with Crippen molar-refractivity contribution in [2.75, 3.05) is 19.7 Å². The van der Waals surface area contributed by atoms with E-state index in [0.717, 1.165) is 6.42 Å². The fourth-order valence-electron chi connectivity index (χ4n) is 1.02. The van der Waals surface area contributed by atoms with Crippen LogP contribution in [-0.2, 0) is 4.84 Å². The predicted octanol–water partition coefficient (Wildman–Crippen LogP) is -0.635. The van der Waals surface area contributed by atoms with Crippen molar-refractivity contribution in [3.05, 3.63) is 0 Å². The second-order valence-electron chi connectivity index (χ2n) is 2.86. The summed E-state index contributed by atoms with van der Waals surface area (Å²) in [5, 5.41) is 19.8. The quantitative estimate of drug-likeness (QED) is 0.578. The number of rotatable bonds is 3. The molecule has 1 heterocycles. The van der Waals surface area contributed by atoms with Crippen LogP contribution in [0.2, 0.25) is 0 Å². The lowest BCUT2D eigenvalue weighted by atomic mass is 10.3. The Kier molecular flexibility index (Phi) is 3.26. The van der Waals surface area contributed by atoms with Gasteiger partial charge < -0.3 is 10.2 Å². The average Bonchev–Trinajstić information content (AvgIpc) is 2.35. The fourth-order valence-corrected chi connectivity index (χ4v) is 1.02. The van der Waals surface area contributed by atoms with Gasteiger partial charge in [0.1, 0.15) is 0 Å². The molecule has 0 aliphatic carbocycles. The van der Waals surface area contributed by atoms with Crippen LogP contribution in [0.15, 0.2) is 0 Å². The monoisotopic (exact) mass is 161 g/mol. The molecule has 0 amide bonds. The van der Waals surface area contributed by atoms with Crippen LogP contribution in [0.5, 0.6) is 0 Å². The van der Waals surface area contributed by atoms with Gasteiger partial charge in [0.25, 0.3) is 0 Å². The molecule has 11 heavy (non-hydrogen) atoms. The summed E-state index contributed by atoms with van der Waals surface area (Å²) in [7, 11) is 0. The van der Waals surface area contributed by atoms with Gasteiger partial charge in [-0.2, -0.15) is 5.06 Å². The fraction of sp³-hybridized carbons (Fsp3) is 1.00. The minimum absolute atomic E-state index is 0.347. The highest BCUT2D eigenvalue weighted by Crippen LogP contribution is 2.06. The molecular formula is C7H15NO3. The van der Waals surface area contributed by atoms with Crippen molar-refractivity contribution in [2.24, 2.45) is 0 Å². The van der Waals surface area contributed by atoms with E-state index in [4.69, 9.17) is 9.94 Å². The summed E-state index contributed by atoms with van der Waals surface area (Å²) in [5.74, 6) is 0. The van der Waals surface area contributed by atoms with Crippen LogP contribution in [0.4, 0.5) is 0 Å². The van der Waals surface area contributed by atoms with E-state index in [1.807, 2.05) is 6.92 Å². The third kappa shape index (κ3) is 2.75. The molecule has 0 bridgehead atoms. The summed E-state index contributed by atoms with van der Waals surface area (Å²) in [6, 6.07) is 0. The topological polar surface area (TPSA) is 52.9 Å². The van der Waals surface area contributed by atoms with E-state index < -0.39 is 0 Å². The van der Waals surface area contributed by atoms with Gasteiger partial charge in [0, 0.05) is 0 Å². The third-order valence-corrected chi connectivity index (χ3v) is 1.75. The number of hydrogen-bond acceptors (Lipinski definition) is 4. The molecule has 2 unspecified atom stereocenters. The van der Waals surface area contributed by atoms with E-state index in [2.05, 4.69) is 0 Å². The van der Waals surface area contributed by atoms with Crippen LogP contribution in [0, 0.1) is 0 Å². The lowest BCUT2D eigenvalue weighted by Gasteiger charge is -2.16. The maximum atomic E-state index is 9.20. The molecule has 0 aromatic rings. The highest BCUT2D eigenvalue weighted by atomic mass is 16.7. The van der Waals surface area contributed by atoms with E-state index in [9.17, 15) is 5.11 Å². The molecule has 2 atom stereocenters. The Labute approximate surface area is 66.3 Å². The van der Waals surface area contributed by atoms with Gasteiger partial charge in [-0.3, -0.25) is 4.84 Å². The van der Waals surface area contributed by atoms with Crippen molar-refractivity contribution in [3.63, 3.8) is 0 Å². The molecule has 2 N–H and O–H groups in total. The number of aliphatic hydroxyl groups excluding tert-OH is 2. The van der Waals surface area contributed by atoms with Crippen molar-refractivity contribution >= 4 is 0 Å². The molecule has 4 nitrogen and oxygen atoms in total. The van der Waals surface area contributed by atoms with Crippen LogP contribution >= 0.6 is 0 Å². The predicted molar refractivity (Wildman–Crippen MR) is 39.8 cm³/mol. The number of β-amino-alcohol motifs (C(OH)–C–C–N with tert-alkyl or cyclic N) is 2. The van der Waals surface area contributed by atoms with E-state index in [1.165, 1.54) is 0 Å². The molecule has 66 valence electrons. The van der Waals surface area contributed by atoms with Gasteiger partial charge in [-0.1, -0.05) is 6.92 Å². The van der Waals surface area contributed by atoms with E-state index >= 15 is 0 Å². The Bertz CT molecular complexity index is 120. The van der Waals surface area contributed by atoms with Crippen LogP contribution in [0.1, 0.15) is 13.3 Å². The van der Waals surface area contributed by atoms with Gasteiger partial charge >= 0.3 is 0 Å². The highest BCUT2D eigenvalue weighted by molar-refractivity contribution is 4.66. The molecule has 4 heteroatoms. The first-order valence-electron chi connectivity index (χ1n) is 3.96. The second kappa shape index (κ2) is 4.01. The molecule has 0 saturated carbocycles. The van der Waals surface area contributed by atoms with Gasteiger partial charge in [0.15, 0.2) is 0 Å². The minimum Gasteiger partial charge on any atom is -0.392 e. The van der Waals surface area contributed by atoms with Crippen LogP contribution < -0.4 is 0 Å². The summed E-state index contributed by atoms with van der Waals surface area (Å²) in [6.45, 7) is 3.28. The first kappa shape index (κ1) is 8.93. The maximum absolute atomic E-state index is 9.20. The van der Waals surface area contributed by atoms with Gasteiger partial charge in [0.2, 0.25) is 0 Å². The highest BCUT2D eigenvalue weighted by Gasteiger charge is 2.22. The Morgan fingerprint density at radius 1 is 1.73 bits per heavy atom. The third-order valence-electron chi connectivity index (χ3n) is 1.75. The molecule has 1 saturated heterocycles. The number of hydrogen-bond donors (Lipinski definition) is 2. The normalized spacial score (nSPS) is 29.2. The first-order chi connectivity index (χ1) is 5.22. The van der Waals surface area contributed by atoms with Gasteiger partial charge in [0.05, 0.1) is 31.9 Å². The zero-order chi connectivity index (χ0) is 8.27. The Morgan fingerprint density at radius 3 is 2.91 bits per heavy atom. The molecule has 1 aliphatic rings. The van der Waals surface area contributed by atoms with E-state index in [0.29, 0.717) is 19.7 Å². The molecular weight excluding hydrogens is 146 g/mol. The summed E-state index contributed by atoms with van der Waals surface area (Å²) >= 11 is 0.